The quantitative estimate of drug-likeness (QED) is 0.438. The van der Waals surface area contributed by atoms with Crippen LogP contribution in [0.3, 0.4) is 0 Å². The van der Waals surface area contributed by atoms with E-state index in [0.717, 1.165) is 0 Å². The summed E-state index contributed by atoms with van der Waals surface area (Å²) in [5, 5.41) is 0. The lowest BCUT2D eigenvalue weighted by Crippen LogP contribution is -2.45. The number of methoxy groups -OCH3 is 1. The molecule has 0 saturated carbocycles. The maximum absolute atomic E-state index is 14.3. The lowest BCUT2D eigenvalue weighted by molar-refractivity contribution is 0.122. The topological polar surface area (TPSA) is 106 Å². The van der Waals surface area contributed by atoms with Gasteiger partial charge in [0.25, 0.3) is 6.43 Å². The fourth-order valence-electron chi connectivity index (χ4n) is 5.01. The van der Waals surface area contributed by atoms with Gasteiger partial charge in [0.1, 0.15) is 22.9 Å². The minimum Gasteiger partial charge on any atom is -0.494 e. The SMILES string of the molecule is COc1cccc2c1nc(C(F)F)n2-c1nc(N2CCOCC2)cc(N(C)C2CCN(S(C)(=O)=O)CC2)n1. The number of rotatable bonds is 7. The number of para-hydroxylation sites is 1. The van der Waals surface area contributed by atoms with Crippen LogP contribution in [0.15, 0.2) is 24.3 Å². The van der Waals surface area contributed by atoms with E-state index in [4.69, 9.17) is 19.4 Å². The smallest absolute Gasteiger partial charge is 0.296 e. The average molecular weight is 552 g/mol. The van der Waals surface area contributed by atoms with Crippen molar-refractivity contribution in [2.24, 2.45) is 0 Å². The molecule has 4 heterocycles. The van der Waals surface area contributed by atoms with Crippen LogP contribution in [-0.2, 0) is 14.8 Å². The Morgan fingerprint density at radius 1 is 1.11 bits per heavy atom. The van der Waals surface area contributed by atoms with E-state index in [1.165, 1.54) is 22.2 Å². The molecule has 0 bridgehead atoms. The predicted octanol–water partition coefficient (Wildman–Crippen LogP) is 2.46. The molecule has 1 aromatic carbocycles. The predicted molar refractivity (Wildman–Crippen MR) is 139 cm³/mol. The number of anilines is 2. The van der Waals surface area contributed by atoms with Gasteiger partial charge in [0.2, 0.25) is 16.0 Å². The van der Waals surface area contributed by atoms with E-state index >= 15 is 0 Å². The summed E-state index contributed by atoms with van der Waals surface area (Å²) in [6.45, 7) is 3.08. The largest absolute Gasteiger partial charge is 0.494 e. The molecule has 14 heteroatoms. The Kier molecular flexibility index (Phi) is 7.38. The highest BCUT2D eigenvalue weighted by Crippen LogP contribution is 2.33. The minimum absolute atomic E-state index is 0.0162. The highest BCUT2D eigenvalue weighted by Gasteiger charge is 2.30. The van der Waals surface area contributed by atoms with E-state index in [1.54, 1.807) is 18.2 Å². The number of hydrogen-bond donors (Lipinski definition) is 0. The molecule has 2 saturated heterocycles. The fraction of sp³-hybridized carbons (Fsp3) is 0.542. The summed E-state index contributed by atoms with van der Waals surface area (Å²) in [4.78, 5) is 17.7. The van der Waals surface area contributed by atoms with E-state index < -0.39 is 22.3 Å². The summed E-state index contributed by atoms with van der Waals surface area (Å²) >= 11 is 0. The molecule has 0 spiro atoms. The number of halogens is 2. The van der Waals surface area contributed by atoms with Crippen LogP contribution >= 0.6 is 0 Å². The molecular formula is C24H31F2N7O4S. The minimum atomic E-state index is -3.26. The number of nitrogens with zero attached hydrogens (tertiary/aromatic N) is 7. The van der Waals surface area contributed by atoms with Crippen LogP contribution in [0.1, 0.15) is 25.1 Å². The van der Waals surface area contributed by atoms with Crippen molar-refractivity contribution in [2.45, 2.75) is 25.3 Å². The van der Waals surface area contributed by atoms with Crippen LogP contribution < -0.4 is 14.5 Å². The zero-order chi connectivity index (χ0) is 27.0. The second-order valence-electron chi connectivity index (χ2n) is 9.42. The van der Waals surface area contributed by atoms with Gasteiger partial charge in [-0.3, -0.25) is 4.57 Å². The number of fused-ring (bicyclic) bond motifs is 1. The standard InChI is InChI=1S/C24H31F2N7O4S/c1-30(16-7-9-32(10-8-16)38(3,34)35)19-15-20(31-11-13-37-14-12-31)28-24(27-19)33-17-5-4-6-18(36-2)21(17)29-23(33)22(25)26/h4-6,15-16,22H,7-14H2,1-3H3. The van der Waals surface area contributed by atoms with E-state index in [0.29, 0.717) is 80.7 Å². The lowest BCUT2D eigenvalue weighted by atomic mass is 10.1. The lowest BCUT2D eigenvalue weighted by Gasteiger charge is -2.36. The first-order valence-electron chi connectivity index (χ1n) is 12.4. The van der Waals surface area contributed by atoms with Gasteiger partial charge in [0.15, 0.2) is 5.82 Å². The van der Waals surface area contributed by atoms with Crippen LogP contribution in [0.5, 0.6) is 5.75 Å². The summed E-state index contributed by atoms with van der Waals surface area (Å²) in [7, 11) is 0.0962. The number of morpholine rings is 1. The van der Waals surface area contributed by atoms with Gasteiger partial charge in [0, 0.05) is 45.3 Å². The molecular weight excluding hydrogens is 520 g/mol. The van der Waals surface area contributed by atoms with E-state index in [1.807, 2.05) is 22.9 Å². The van der Waals surface area contributed by atoms with Crippen molar-refractivity contribution >= 4 is 32.7 Å². The van der Waals surface area contributed by atoms with Gasteiger partial charge in [-0.05, 0) is 25.0 Å². The molecule has 0 atom stereocenters. The molecule has 3 aromatic rings. The highest BCUT2D eigenvalue weighted by atomic mass is 32.2. The molecule has 0 amide bonds. The molecule has 2 aliphatic rings. The van der Waals surface area contributed by atoms with Gasteiger partial charge < -0.3 is 19.3 Å². The Labute approximate surface area is 220 Å². The Hall–Kier alpha value is -3.10. The fourth-order valence-corrected chi connectivity index (χ4v) is 5.88. The second kappa shape index (κ2) is 10.6. The molecule has 0 radical (unpaired) electrons. The molecule has 2 fully saturated rings. The Bertz CT molecular complexity index is 1400. The van der Waals surface area contributed by atoms with Crippen LogP contribution in [0.25, 0.3) is 17.0 Å². The summed E-state index contributed by atoms with van der Waals surface area (Å²) in [5.74, 6) is 1.13. The number of aromatic nitrogens is 4. The Morgan fingerprint density at radius 2 is 1.82 bits per heavy atom. The van der Waals surface area contributed by atoms with Gasteiger partial charge >= 0.3 is 0 Å². The molecule has 2 aliphatic heterocycles. The molecule has 0 aliphatic carbocycles. The van der Waals surface area contributed by atoms with Gasteiger partial charge in [0.05, 0.1) is 32.1 Å². The maximum atomic E-state index is 14.3. The number of hydrogen-bond acceptors (Lipinski definition) is 9. The van der Waals surface area contributed by atoms with Crippen LogP contribution in [0, 0.1) is 0 Å². The number of alkyl halides is 2. The molecule has 0 unspecified atom stereocenters. The van der Waals surface area contributed by atoms with Gasteiger partial charge in [-0.15, -0.1) is 0 Å². The first kappa shape index (κ1) is 26.5. The first-order valence-corrected chi connectivity index (χ1v) is 14.3. The van der Waals surface area contributed by atoms with Crippen LogP contribution in [-0.4, -0.2) is 98.1 Å². The number of sulfonamides is 1. The number of benzene rings is 1. The maximum Gasteiger partial charge on any atom is 0.296 e. The third-order valence-electron chi connectivity index (χ3n) is 7.11. The molecule has 206 valence electrons. The van der Waals surface area contributed by atoms with E-state index in [2.05, 4.69) is 4.98 Å². The average Bonchev–Trinajstić information content (AvgIpc) is 3.33. The van der Waals surface area contributed by atoms with Crippen LogP contribution in [0.4, 0.5) is 20.4 Å². The van der Waals surface area contributed by atoms with Crippen molar-refractivity contribution in [2.75, 3.05) is 69.6 Å². The summed E-state index contributed by atoms with van der Waals surface area (Å²) in [6.07, 6.45) is -0.427. The van der Waals surface area contributed by atoms with Crippen molar-refractivity contribution in [3.05, 3.63) is 30.1 Å². The van der Waals surface area contributed by atoms with Gasteiger partial charge in [-0.25, -0.2) is 26.5 Å². The number of ether oxygens (including phenoxy) is 2. The number of piperidine rings is 1. The number of imidazole rings is 1. The highest BCUT2D eigenvalue weighted by molar-refractivity contribution is 7.88. The summed E-state index contributed by atoms with van der Waals surface area (Å²) in [6, 6.07) is 6.93. The third kappa shape index (κ3) is 5.12. The molecule has 11 nitrogen and oxygen atoms in total. The molecule has 2 aromatic heterocycles. The van der Waals surface area contributed by atoms with Crippen molar-refractivity contribution in [3.63, 3.8) is 0 Å². The Morgan fingerprint density at radius 3 is 2.45 bits per heavy atom. The molecule has 0 N–H and O–H groups in total. The Balaban J connectivity index is 1.59. The first-order chi connectivity index (χ1) is 18.2. The third-order valence-corrected chi connectivity index (χ3v) is 8.42. The monoisotopic (exact) mass is 551 g/mol. The summed E-state index contributed by atoms with van der Waals surface area (Å²) in [5.41, 5.74) is 0.711. The van der Waals surface area contributed by atoms with Crippen LogP contribution in [0.2, 0.25) is 0 Å². The van der Waals surface area contributed by atoms with Crippen molar-refractivity contribution in [1.29, 1.82) is 0 Å². The van der Waals surface area contributed by atoms with Gasteiger partial charge in [-0.2, -0.15) is 9.97 Å². The van der Waals surface area contributed by atoms with Gasteiger partial charge in [-0.1, -0.05) is 6.07 Å². The molecule has 5 rings (SSSR count). The zero-order valence-electron chi connectivity index (χ0n) is 21.5. The van der Waals surface area contributed by atoms with Crippen molar-refractivity contribution in [1.82, 2.24) is 23.8 Å². The zero-order valence-corrected chi connectivity index (χ0v) is 22.4. The summed E-state index contributed by atoms with van der Waals surface area (Å²) < 4.78 is 66.1. The second-order valence-corrected chi connectivity index (χ2v) is 11.4. The molecule has 38 heavy (non-hydrogen) atoms. The van der Waals surface area contributed by atoms with Crippen molar-refractivity contribution in [3.8, 4) is 11.7 Å². The van der Waals surface area contributed by atoms with E-state index in [-0.39, 0.29) is 12.0 Å². The van der Waals surface area contributed by atoms with E-state index in [9.17, 15) is 17.2 Å². The van der Waals surface area contributed by atoms with Crippen molar-refractivity contribution < 1.29 is 26.7 Å². The normalized spacial score (nSPS) is 17.9.